The number of imidazole rings is 1. The zero-order valence-corrected chi connectivity index (χ0v) is 8.68. The Morgan fingerprint density at radius 1 is 1.67 bits per heavy atom. The van der Waals surface area contributed by atoms with Gasteiger partial charge in [0.1, 0.15) is 6.04 Å². The highest BCUT2D eigenvalue weighted by Gasteiger charge is 2.27. The van der Waals surface area contributed by atoms with Crippen LogP contribution in [0.25, 0.3) is 0 Å². The summed E-state index contributed by atoms with van der Waals surface area (Å²) in [4.78, 5) is 15.1. The summed E-state index contributed by atoms with van der Waals surface area (Å²) in [7, 11) is 1.91. The largest absolute Gasteiger partial charge is 0.480 e. The van der Waals surface area contributed by atoms with Crippen LogP contribution in [0.4, 0.5) is 0 Å². The molecule has 2 N–H and O–H groups in total. The third kappa shape index (κ3) is 2.18. The Kier molecular flexibility index (Phi) is 2.73. The maximum atomic E-state index is 10.8. The first kappa shape index (κ1) is 10.2. The summed E-state index contributed by atoms with van der Waals surface area (Å²) in [5.41, 5.74) is 0.934. The van der Waals surface area contributed by atoms with Gasteiger partial charge in [0.15, 0.2) is 0 Å². The van der Waals surface area contributed by atoms with Gasteiger partial charge in [-0.1, -0.05) is 0 Å². The number of hydrogen-bond acceptors (Lipinski definition) is 3. The van der Waals surface area contributed by atoms with E-state index in [1.807, 2.05) is 17.8 Å². The number of carboxylic acids is 1. The molecule has 0 aromatic carbocycles. The van der Waals surface area contributed by atoms with E-state index in [9.17, 15) is 4.79 Å². The number of nitrogens with zero attached hydrogens (tertiary/aromatic N) is 2. The molecule has 1 aromatic rings. The lowest BCUT2D eigenvalue weighted by Gasteiger charge is -2.27. The van der Waals surface area contributed by atoms with Crippen molar-refractivity contribution in [2.24, 2.45) is 7.05 Å². The van der Waals surface area contributed by atoms with E-state index in [2.05, 4.69) is 10.3 Å². The SMILES string of the molecule is Cn1cnc(C2CCCC(C(=O)O)N2)c1. The quantitative estimate of drug-likeness (QED) is 0.752. The molecular weight excluding hydrogens is 194 g/mol. The highest BCUT2D eigenvalue weighted by Crippen LogP contribution is 2.24. The molecule has 0 bridgehead atoms. The molecule has 0 aliphatic carbocycles. The van der Waals surface area contributed by atoms with Crippen LogP contribution in [0, 0.1) is 0 Å². The lowest BCUT2D eigenvalue weighted by atomic mass is 9.97. The van der Waals surface area contributed by atoms with E-state index in [0.717, 1.165) is 18.5 Å². The second kappa shape index (κ2) is 4.02. The number of piperidine rings is 1. The van der Waals surface area contributed by atoms with Gasteiger partial charge in [-0.15, -0.1) is 0 Å². The number of aromatic nitrogens is 2. The molecule has 2 heterocycles. The summed E-state index contributed by atoms with van der Waals surface area (Å²) in [6.45, 7) is 0. The van der Waals surface area contributed by atoms with Crippen molar-refractivity contribution in [2.75, 3.05) is 0 Å². The van der Waals surface area contributed by atoms with Crippen molar-refractivity contribution in [2.45, 2.75) is 31.3 Å². The van der Waals surface area contributed by atoms with Crippen molar-refractivity contribution >= 4 is 5.97 Å². The fourth-order valence-corrected chi connectivity index (χ4v) is 1.98. The van der Waals surface area contributed by atoms with Crippen LogP contribution >= 0.6 is 0 Å². The minimum atomic E-state index is -0.768. The van der Waals surface area contributed by atoms with Crippen molar-refractivity contribution in [3.8, 4) is 0 Å². The minimum Gasteiger partial charge on any atom is -0.480 e. The lowest BCUT2D eigenvalue weighted by molar-refractivity contribution is -0.140. The number of hydrogen-bond donors (Lipinski definition) is 2. The van der Waals surface area contributed by atoms with Crippen LogP contribution in [0.3, 0.4) is 0 Å². The van der Waals surface area contributed by atoms with E-state index in [0.29, 0.717) is 6.42 Å². The van der Waals surface area contributed by atoms with E-state index in [1.54, 1.807) is 6.33 Å². The summed E-state index contributed by atoms with van der Waals surface area (Å²) in [5, 5.41) is 12.0. The molecule has 0 radical (unpaired) electrons. The fraction of sp³-hybridized carbons (Fsp3) is 0.600. The number of aliphatic carboxylic acids is 1. The summed E-state index contributed by atoms with van der Waals surface area (Å²) < 4.78 is 1.88. The molecule has 0 spiro atoms. The zero-order valence-electron chi connectivity index (χ0n) is 8.68. The van der Waals surface area contributed by atoms with Crippen molar-refractivity contribution in [3.05, 3.63) is 18.2 Å². The first-order chi connectivity index (χ1) is 7.16. The Labute approximate surface area is 88.1 Å². The monoisotopic (exact) mass is 209 g/mol. The van der Waals surface area contributed by atoms with Crippen LogP contribution in [0.1, 0.15) is 31.0 Å². The summed E-state index contributed by atoms with van der Waals surface area (Å²) in [5.74, 6) is -0.768. The summed E-state index contributed by atoms with van der Waals surface area (Å²) in [6, 6.07) is -0.341. The zero-order chi connectivity index (χ0) is 10.8. The molecule has 2 unspecified atom stereocenters. The summed E-state index contributed by atoms with van der Waals surface area (Å²) >= 11 is 0. The van der Waals surface area contributed by atoms with Gasteiger partial charge >= 0.3 is 5.97 Å². The maximum Gasteiger partial charge on any atom is 0.320 e. The Morgan fingerprint density at radius 3 is 3.07 bits per heavy atom. The van der Waals surface area contributed by atoms with E-state index in [4.69, 9.17) is 5.11 Å². The average molecular weight is 209 g/mol. The molecule has 0 amide bonds. The van der Waals surface area contributed by atoms with Crippen molar-refractivity contribution in [3.63, 3.8) is 0 Å². The van der Waals surface area contributed by atoms with Gasteiger partial charge < -0.3 is 9.67 Å². The van der Waals surface area contributed by atoms with Crippen molar-refractivity contribution in [1.82, 2.24) is 14.9 Å². The Balaban J connectivity index is 2.07. The smallest absolute Gasteiger partial charge is 0.320 e. The molecule has 82 valence electrons. The van der Waals surface area contributed by atoms with Gasteiger partial charge in [-0.2, -0.15) is 0 Å². The molecule has 2 atom stereocenters. The van der Waals surface area contributed by atoms with Crippen LogP contribution in [-0.4, -0.2) is 26.7 Å². The normalized spacial score (nSPS) is 26.5. The molecule has 15 heavy (non-hydrogen) atoms. The molecule has 1 aliphatic rings. The highest BCUT2D eigenvalue weighted by atomic mass is 16.4. The number of aryl methyl sites for hydroxylation is 1. The Bertz CT molecular complexity index is 361. The van der Waals surface area contributed by atoms with E-state index < -0.39 is 12.0 Å². The standard InChI is InChI=1S/C10H15N3O2/c1-13-5-9(11-6-13)7-3-2-4-8(12-7)10(14)15/h5-8,12H,2-4H2,1H3,(H,14,15). The second-order valence-corrected chi connectivity index (χ2v) is 4.00. The van der Waals surface area contributed by atoms with Crippen molar-refractivity contribution in [1.29, 1.82) is 0 Å². The van der Waals surface area contributed by atoms with Gasteiger partial charge in [0.25, 0.3) is 0 Å². The first-order valence-electron chi connectivity index (χ1n) is 5.13. The maximum absolute atomic E-state index is 10.8. The van der Waals surface area contributed by atoms with Gasteiger partial charge in [-0.05, 0) is 19.3 Å². The predicted molar refractivity (Wildman–Crippen MR) is 54.4 cm³/mol. The van der Waals surface area contributed by atoms with E-state index >= 15 is 0 Å². The fourth-order valence-electron chi connectivity index (χ4n) is 1.98. The van der Waals surface area contributed by atoms with Crippen LogP contribution < -0.4 is 5.32 Å². The van der Waals surface area contributed by atoms with Gasteiger partial charge in [-0.3, -0.25) is 10.1 Å². The van der Waals surface area contributed by atoms with Gasteiger partial charge in [0, 0.05) is 13.2 Å². The molecule has 2 rings (SSSR count). The van der Waals surface area contributed by atoms with Crippen LogP contribution in [0.15, 0.2) is 12.5 Å². The lowest BCUT2D eigenvalue weighted by Crippen LogP contribution is -2.42. The molecule has 5 heteroatoms. The molecule has 1 aromatic heterocycles. The third-order valence-corrected chi connectivity index (χ3v) is 2.77. The number of nitrogens with one attached hydrogen (secondary N) is 1. The van der Waals surface area contributed by atoms with Crippen molar-refractivity contribution < 1.29 is 9.90 Å². The molecule has 5 nitrogen and oxygen atoms in total. The topological polar surface area (TPSA) is 67.2 Å². The second-order valence-electron chi connectivity index (χ2n) is 4.00. The van der Waals surface area contributed by atoms with Crippen LogP contribution in [0.5, 0.6) is 0 Å². The predicted octanol–water partition coefficient (Wildman–Crippen LogP) is 0.688. The van der Waals surface area contributed by atoms with E-state index in [-0.39, 0.29) is 6.04 Å². The van der Waals surface area contributed by atoms with Gasteiger partial charge in [0.2, 0.25) is 0 Å². The van der Waals surface area contributed by atoms with Crippen LogP contribution in [0.2, 0.25) is 0 Å². The molecule has 0 saturated carbocycles. The van der Waals surface area contributed by atoms with Crippen LogP contribution in [-0.2, 0) is 11.8 Å². The number of carbonyl (C=O) groups is 1. The average Bonchev–Trinajstić information content (AvgIpc) is 2.65. The first-order valence-corrected chi connectivity index (χ1v) is 5.13. The highest BCUT2D eigenvalue weighted by molar-refractivity contribution is 5.73. The minimum absolute atomic E-state index is 0.0843. The third-order valence-electron chi connectivity index (χ3n) is 2.77. The Hall–Kier alpha value is -1.36. The Morgan fingerprint density at radius 2 is 2.47 bits per heavy atom. The van der Waals surface area contributed by atoms with E-state index in [1.165, 1.54) is 0 Å². The number of carboxylic acid groups (broad SMARTS) is 1. The van der Waals surface area contributed by atoms with Gasteiger partial charge in [-0.25, -0.2) is 4.98 Å². The molecule has 1 fully saturated rings. The molecule has 1 saturated heterocycles. The number of rotatable bonds is 2. The summed E-state index contributed by atoms with van der Waals surface area (Å²) in [6.07, 6.45) is 6.27. The van der Waals surface area contributed by atoms with Gasteiger partial charge in [0.05, 0.1) is 18.1 Å². The molecular formula is C10H15N3O2. The molecule has 1 aliphatic heterocycles.